The molecule has 2 unspecified atom stereocenters. The summed E-state index contributed by atoms with van der Waals surface area (Å²) in [6, 6.07) is -1.03. The summed E-state index contributed by atoms with van der Waals surface area (Å²) in [4.78, 5) is 2.52. The molecule has 0 aliphatic carbocycles. The quantitative estimate of drug-likeness (QED) is 0.310. The average Bonchev–Trinajstić information content (AvgIpc) is 2.25. The molecule has 1 heterocycles. The summed E-state index contributed by atoms with van der Waals surface area (Å²) in [5.74, 6) is 0. The molecule has 8 nitrogen and oxygen atoms in total. The molecule has 1 rings (SSSR count). The summed E-state index contributed by atoms with van der Waals surface area (Å²) in [6.45, 7) is -0.457. The van der Waals surface area contributed by atoms with Gasteiger partial charge in [-0.25, -0.2) is 0 Å². The standard InChI is InChI=1S/C7H13N3O5/c1-14-7-4(9-10-8)6(13)5(12)3(2-11)15-7/h3-7,11-13H,2H2,1H3/t3?,4-,5-,6?,7+/m0/s1. The normalized spacial score (nSPS) is 40.9. The van der Waals surface area contributed by atoms with E-state index in [1.807, 2.05) is 0 Å². The summed E-state index contributed by atoms with van der Waals surface area (Å²) in [7, 11) is 1.31. The van der Waals surface area contributed by atoms with Crippen molar-refractivity contribution in [2.75, 3.05) is 13.7 Å². The van der Waals surface area contributed by atoms with E-state index < -0.39 is 37.3 Å². The van der Waals surface area contributed by atoms with Crippen molar-refractivity contribution in [3.8, 4) is 0 Å². The molecule has 0 bridgehead atoms. The number of hydrogen-bond donors (Lipinski definition) is 3. The summed E-state index contributed by atoms with van der Waals surface area (Å²) < 4.78 is 9.92. The van der Waals surface area contributed by atoms with Crippen molar-refractivity contribution in [1.29, 1.82) is 0 Å². The van der Waals surface area contributed by atoms with Crippen LogP contribution in [0, 0.1) is 0 Å². The van der Waals surface area contributed by atoms with Gasteiger partial charge in [0, 0.05) is 12.0 Å². The van der Waals surface area contributed by atoms with Gasteiger partial charge in [-0.3, -0.25) is 0 Å². The van der Waals surface area contributed by atoms with Gasteiger partial charge in [0.25, 0.3) is 0 Å². The second kappa shape index (κ2) is 5.26. The number of methoxy groups -OCH3 is 1. The lowest BCUT2D eigenvalue weighted by Gasteiger charge is -2.39. The van der Waals surface area contributed by atoms with Crippen LogP contribution in [-0.4, -0.2) is 59.7 Å². The Labute approximate surface area is 85.7 Å². The van der Waals surface area contributed by atoms with Gasteiger partial charge in [0.05, 0.1) is 12.7 Å². The molecule has 0 aromatic heterocycles. The second-order valence-corrected chi connectivity index (χ2v) is 3.14. The van der Waals surface area contributed by atoms with E-state index in [4.69, 9.17) is 20.1 Å². The first-order valence-electron chi connectivity index (χ1n) is 4.35. The maximum Gasteiger partial charge on any atom is 0.168 e. The van der Waals surface area contributed by atoms with Crippen molar-refractivity contribution in [1.82, 2.24) is 0 Å². The lowest BCUT2D eigenvalue weighted by molar-refractivity contribution is -0.257. The number of aliphatic hydroxyl groups excluding tert-OH is 3. The molecule has 0 spiro atoms. The molecule has 0 saturated carbocycles. The number of rotatable bonds is 3. The molecule has 8 heteroatoms. The molecule has 0 aromatic rings. The molecule has 0 radical (unpaired) electrons. The molecule has 5 atom stereocenters. The van der Waals surface area contributed by atoms with Crippen LogP contribution in [0.1, 0.15) is 0 Å². The number of hydrogen-bond acceptors (Lipinski definition) is 6. The molecule has 1 aliphatic heterocycles. The number of nitrogens with zero attached hydrogens (tertiary/aromatic N) is 3. The van der Waals surface area contributed by atoms with E-state index in [-0.39, 0.29) is 0 Å². The summed E-state index contributed by atoms with van der Waals surface area (Å²) >= 11 is 0. The molecule has 1 fully saturated rings. The van der Waals surface area contributed by atoms with Crippen LogP contribution in [0.25, 0.3) is 10.4 Å². The van der Waals surface area contributed by atoms with Crippen molar-refractivity contribution < 1.29 is 24.8 Å². The minimum atomic E-state index is -1.32. The highest BCUT2D eigenvalue weighted by Gasteiger charge is 2.43. The Kier molecular flexibility index (Phi) is 4.28. The van der Waals surface area contributed by atoms with Crippen LogP contribution < -0.4 is 0 Å². The van der Waals surface area contributed by atoms with Crippen LogP contribution >= 0.6 is 0 Å². The third-order valence-electron chi connectivity index (χ3n) is 2.27. The molecule has 3 N–H and O–H groups in total. The Bertz CT molecular complexity index is 255. The molecule has 1 aliphatic rings. The van der Waals surface area contributed by atoms with Crippen molar-refractivity contribution in [3.05, 3.63) is 10.4 Å². The van der Waals surface area contributed by atoms with Crippen molar-refractivity contribution in [2.24, 2.45) is 5.11 Å². The van der Waals surface area contributed by atoms with Crippen molar-refractivity contribution in [2.45, 2.75) is 30.6 Å². The van der Waals surface area contributed by atoms with Crippen LogP contribution in [0.15, 0.2) is 5.11 Å². The molecule has 1 saturated heterocycles. The largest absolute Gasteiger partial charge is 0.394 e. The minimum absolute atomic E-state index is 0.457. The number of ether oxygens (including phenoxy) is 2. The smallest absolute Gasteiger partial charge is 0.168 e. The number of aliphatic hydroxyl groups is 3. The van der Waals surface area contributed by atoms with Crippen molar-refractivity contribution in [3.63, 3.8) is 0 Å². The zero-order chi connectivity index (χ0) is 11.4. The lowest BCUT2D eigenvalue weighted by atomic mass is 9.98. The van der Waals surface area contributed by atoms with Gasteiger partial charge < -0.3 is 24.8 Å². The van der Waals surface area contributed by atoms with E-state index in [0.717, 1.165) is 0 Å². The lowest BCUT2D eigenvalue weighted by Crippen LogP contribution is -2.58. The van der Waals surface area contributed by atoms with Gasteiger partial charge in [-0.2, -0.15) is 0 Å². The molecule has 15 heavy (non-hydrogen) atoms. The van der Waals surface area contributed by atoms with Crippen LogP contribution in [0.5, 0.6) is 0 Å². The first kappa shape index (κ1) is 12.2. The minimum Gasteiger partial charge on any atom is -0.394 e. The van der Waals surface area contributed by atoms with E-state index in [9.17, 15) is 10.2 Å². The summed E-state index contributed by atoms with van der Waals surface area (Å²) in [5, 5.41) is 31.2. The highest BCUT2D eigenvalue weighted by molar-refractivity contribution is 4.93. The summed E-state index contributed by atoms with van der Waals surface area (Å²) in [5.41, 5.74) is 8.26. The predicted molar refractivity (Wildman–Crippen MR) is 47.7 cm³/mol. The maximum atomic E-state index is 9.59. The zero-order valence-electron chi connectivity index (χ0n) is 8.09. The van der Waals surface area contributed by atoms with E-state index in [1.165, 1.54) is 7.11 Å². The number of azide groups is 1. The van der Waals surface area contributed by atoms with Gasteiger partial charge in [0.2, 0.25) is 0 Å². The molecular formula is C7H13N3O5. The zero-order valence-corrected chi connectivity index (χ0v) is 8.09. The molecule has 0 aromatic carbocycles. The Morgan fingerprint density at radius 3 is 2.60 bits per heavy atom. The Morgan fingerprint density at radius 2 is 2.13 bits per heavy atom. The van der Waals surface area contributed by atoms with Gasteiger partial charge in [0.1, 0.15) is 18.2 Å². The Balaban J connectivity index is 2.83. The van der Waals surface area contributed by atoms with E-state index in [0.29, 0.717) is 0 Å². The third-order valence-corrected chi connectivity index (χ3v) is 2.27. The fourth-order valence-corrected chi connectivity index (χ4v) is 1.44. The SMILES string of the molecule is CO[C@@H]1OC(CO)[C@H](O)C(O)[C@@H]1N=[N+]=[N-]. The third kappa shape index (κ3) is 2.37. The molecule has 86 valence electrons. The monoisotopic (exact) mass is 219 g/mol. The van der Waals surface area contributed by atoms with Crippen LogP contribution in [-0.2, 0) is 9.47 Å². The first-order valence-corrected chi connectivity index (χ1v) is 4.35. The Hall–Kier alpha value is -0.890. The maximum absolute atomic E-state index is 9.59. The van der Waals surface area contributed by atoms with Crippen LogP contribution in [0.4, 0.5) is 0 Å². The predicted octanol–water partition coefficient (Wildman–Crippen LogP) is -1.25. The van der Waals surface area contributed by atoms with Gasteiger partial charge in [-0.15, -0.1) is 0 Å². The fraction of sp³-hybridized carbons (Fsp3) is 1.00. The first-order chi connectivity index (χ1) is 7.15. The Morgan fingerprint density at radius 1 is 1.47 bits per heavy atom. The highest BCUT2D eigenvalue weighted by Crippen LogP contribution is 2.23. The van der Waals surface area contributed by atoms with Crippen LogP contribution in [0.2, 0.25) is 0 Å². The fourth-order valence-electron chi connectivity index (χ4n) is 1.44. The second-order valence-electron chi connectivity index (χ2n) is 3.14. The van der Waals surface area contributed by atoms with Crippen molar-refractivity contribution >= 4 is 0 Å². The van der Waals surface area contributed by atoms with Gasteiger partial charge in [-0.1, -0.05) is 5.11 Å². The van der Waals surface area contributed by atoms with E-state index in [1.54, 1.807) is 0 Å². The highest BCUT2D eigenvalue weighted by atomic mass is 16.7. The van der Waals surface area contributed by atoms with E-state index in [2.05, 4.69) is 10.0 Å². The van der Waals surface area contributed by atoms with E-state index >= 15 is 0 Å². The average molecular weight is 219 g/mol. The summed E-state index contributed by atoms with van der Waals surface area (Å²) in [6.07, 6.45) is -4.56. The molecule has 0 amide bonds. The molecular weight excluding hydrogens is 206 g/mol. The van der Waals surface area contributed by atoms with Gasteiger partial charge in [0.15, 0.2) is 6.29 Å². The topological polar surface area (TPSA) is 128 Å². The van der Waals surface area contributed by atoms with Crippen LogP contribution in [0.3, 0.4) is 0 Å². The van der Waals surface area contributed by atoms with Gasteiger partial charge >= 0.3 is 0 Å². The van der Waals surface area contributed by atoms with Gasteiger partial charge in [-0.05, 0) is 5.53 Å².